The van der Waals surface area contributed by atoms with Crippen LogP contribution in [0.25, 0.3) is 0 Å². The second kappa shape index (κ2) is 9.66. The normalized spacial score (nSPS) is 13.8. The fourth-order valence-electron chi connectivity index (χ4n) is 3.65. The Hall–Kier alpha value is -3.98. The maximum Gasteiger partial charge on any atom is 0.304 e. The molecule has 3 heterocycles. The summed E-state index contributed by atoms with van der Waals surface area (Å²) >= 11 is 0. The summed E-state index contributed by atoms with van der Waals surface area (Å²) in [7, 11) is 1.56. The van der Waals surface area contributed by atoms with E-state index in [0.717, 1.165) is 16.8 Å². The number of aromatic nitrogens is 2. The van der Waals surface area contributed by atoms with Crippen LogP contribution >= 0.6 is 0 Å². The standard InChI is InChI=1S/C24H24N4O5/c1-15(29)32-24(25)17-10-11-26-22(12-17)33-20-5-3-4-19-18(20)7-9-23(30)28(19)14-16-6-8-21(31-2)27-13-16/h3-6,8,10-13,24H,7,9,14,25H2,1-2H3. The highest BCUT2D eigenvalue weighted by Gasteiger charge is 2.27. The number of benzene rings is 1. The minimum absolute atomic E-state index is 0.0305. The van der Waals surface area contributed by atoms with Crippen molar-refractivity contribution in [3.63, 3.8) is 0 Å². The van der Waals surface area contributed by atoms with Crippen LogP contribution in [0.4, 0.5) is 5.69 Å². The molecule has 1 atom stereocenters. The Bertz CT molecular complexity index is 1170. The number of hydrogen-bond acceptors (Lipinski definition) is 8. The van der Waals surface area contributed by atoms with Crippen LogP contribution in [0.2, 0.25) is 0 Å². The summed E-state index contributed by atoms with van der Waals surface area (Å²) in [6, 6.07) is 12.5. The smallest absolute Gasteiger partial charge is 0.304 e. The number of carbonyl (C=O) groups is 2. The topological polar surface area (TPSA) is 117 Å². The predicted octanol–water partition coefficient (Wildman–Crippen LogP) is 3.28. The van der Waals surface area contributed by atoms with E-state index in [9.17, 15) is 9.59 Å². The van der Waals surface area contributed by atoms with Gasteiger partial charge in [-0.3, -0.25) is 15.3 Å². The molecule has 33 heavy (non-hydrogen) atoms. The lowest BCUT2D eigenvalue weighted by Gasteiger charge is -2.30. The molecule has 0 saturated heterocycles. The first-order chi connectivity index (χ1) is 15.9. The number of hydrogen-bond donors (Lipinski definition) is 1. The van der Waals surface area contributed by atoms with Gasteiger partial charge in [-0.15, -0.1) is 0 Å². The third-order valence-corrected chi connectivity index (χ3v) is 5.23. The van der Waals surface area contributed by atoms with E-state index < -0.39 is 12.2 Å². The minimum atomic E-state index is -0.913. The van der Waals surface area contributed by atoms with Crippen molar-refractivity contribution in [1.29, 1.82) is 0 Å². The number of esters is 1. The van der Waals surface area contributed by atoms with E-state index in [4.69, 9.17) is 19.9 Å². The van der Waals surface area contributed by atoms with Crippen molar-refractivity contribution in [3.8, 4) is 17.5 Å². The van der Waals surface area contributed by atoms with Gasteiger partial charge in [-0.1, -0.05) is 12.1 Å². The summed E-state index contributed by atoms with van der Waals surface area (Å²) in [6.45, 7) is 1.68. The molecular weight excluding hydrogens is 424 g/mol. The number of amides is 1. The molecule has 0 fully saturated rings. The lowest BCUT2D eigenvalue weighted by Crippen LogP contribution is -2.34. The Morgan fingerprint density at radius 2 is 2.00 bits per heavy atom. The minimum Gasteiger partial charge on any atom is -0.481 e. The number of methoxy groups -OCH3 is 1. The van der Waals surface area contributed by atoms with E-state index in [2.05, 4.69) is 9.97 Å². The Morgan fingerprint density at radius 1 is 1.15 bits per heavy atom. The molecular formula is C24H24N4O5. The van der Waals surface area contributed by atoms with Crippen LogP contribution in [0, 0.1) is 0 Å². The quantitative estimate of drug-likeness (QED) is 0.432. The van der Waals surface area contributed by atoms with Crippen LogP contribution < -0.4 is 20.1 Å². The van der Waals surface area contributed by atoms with E-state index in [1.54, 1.807) is 36.4 Å². The van der Waals surface area contributed by atoms with Crippen molar-refractivity contribution in [2.45, 2.75) is 32.5 Å². The van der Waals surface area contributed by atoms with Gasteiger partial charge in [0.2, 0.25) is 17.7 Å². The summed E-state index contributed by atoms with van der Waals surface area (Å²) in [5, 5.41) is 0. The van der Waals surface area contributed by atoms with Crippen molar-refractivity contribution in [3.05, 3.63) is 71.5 Å². The van der Waals surface area contributed by atoms with Crippen LogP contribution in [-0.2, 0) is 27.3 Å². The number of pyridine rings is 2. The predicted molar refractivity (Wildman–Crippen MR) is 120 cm³/mol. The highest BCUT2D eigenvalue weighted by molar-refractivity contribution is 5.96. The molecule has 1 amide bonds. The third kappa shape index (κ3) is 5.09. The fraction of sp³-hybridized carbons (Fsp3) is 0.250. The second-order valence-corrected chi connectivity index (χ2v) is 7.50. The van der Waals surface area contributed by atoms with Gasteiger partial charge >= 0.3 is 5.97 Å². The SMILES string of the molecule is COc1ccc(CN2C(=O)CCc3c(Oc4cc(C(N)OC(C)=O)ccn4)cccc32)cn1. The van der Waals surface area contributed by atoms with Crippen LogP contribution in [0.3, 0.4) is 0 Å². The van der Waals surface area contributed by atoms with Gasteiger partial charge in [0.25, 0.3) is 0 Å². The molecule has 9 nitrogen and oxygen atoms in total. The van der Waals surface area contributed by atoms with E-state index in [1.165, 1.54) is 13.1 Å². The molecule has 2 aromatic heterocycles. The van der Waals surface area contributed by atoms with Gasteiger partial charge in [-0.25, -0.2) is 9.97 Å². The number of nitrogens with two attached hydrogens (primary N) is 1. The zero-order valence-corrected chi connectivity index (χ0v) is 18.4. The van der Waals surface area contributed by atoms with E-state index in [-0.39, 0.29) is 5.91 Å². The molecule has 4 rings (SSSR count). The average Bonchev–Trinajstić information content (AvgIpc) is 2.81. The van der Waals surface area contributed by atoms with E-state index >= 15 is 0 Å². The number of nitrogens with zero attached hydrogens (tertiary/aromatic N) is 3. The second-order valence-electron chi connectivity index (χ2n) is 7.50. The van der Waals surface area contributed by atoms with Crippen molar-refractivity contribution >= 4 is 17.6 Å². The molecule has 2 N–H and O–H groups in total. The maximum absolute atomic E-state index is 12.7. The zero-order valence-electron chi connectivity index (χ0n) is 18.4. The van der Waals surface area contributed by atoms with Crippen molar-refractivity contribution in [2.75, 3.05) is 12.0 Å². The Morgan fingerprint density at radius 3 is 2.73 bits per heavy atom. The summed E-state index contributed by atoms with van der Waals surface area (Å²) in [5.74, 6) is 0.983. The van der Waals surface area contributed by atoms with Gasteiger partial charge in [-0.05, 0) is 30.2 Å². The molecule has 0 saturated carbocycles. The molecule has 0 spiro atoms. The Labute approximate surface area is 191 Å². The first kappa shape index (κ1) is 22.2. The van der Waals surface area contributed by atoms with Crippen molar-refractivity contribution in [1.82, 2.24) is 9.97 Å². The molecule has 9 heteroatoms. The molecule has 1 unspecified atom stereocenters. The van der Waals surface area contributed by atoms with Crippen LogP contribution in [0.15, 0.2) is 54.9 Å². The Balaban J connectivity index is 1.59. The molecule has 3 aromatic rings. The number of rotatable bonds is 7. The van der Waals surface area contributed by atoms with Gasteiger partial charge < -0.3 is 19.1 Å². The number of carbonyl (C=O) groups excluding carboxylic acids is 2. The van der Waals surface area contributed by atoms with Crippen LogP contribution in [0.1, 0.15) is 36.3 Å². The number of ether oxygens (including phenoxy) is 3. The highest BCUT2D eigenvalue weighted by atomic mass is 16.6. The monoisotopic (exact) mass is 448 g/mol. The first-order valence-electron chi connectivity index (χ1n) is 10.4. The van der Waals surface area contributed by atoms with Gasteiger partial charge in [0.05, 0.1) is 19.3 Å². The largest absolute Gasteiger partial charge is 0.481 e. The van der Waals surface area contributed by atoms with Gasteiger partial charge in [0.15, 0.2) is 6.23 Å². The number of anilines is 1. The first-order valence-corrected chi connectivity index (χ1v) is 10.4. The summed E-state index contributed by atoms with van der Waals surface area (Å²) < 4.78 is 16.2. The molecule has 1 aromatic carbocycles. The molecule has 1 aliphatic heterocycles. The van der Waals surface area contributed by atoms with Gasteiger partial charge in [0, 0.05) is 49.0 Å². The van der Waals surface area contributed by atoms with E-state index in [1.807, 2.05) is 24.3 Å². The van der Waals surface area contributed by atoms with Crippen molar-refractivity contribution < 1.29 is 23.8 Å². The fourth-order valence-corrected chi connectivity index (χ4v) is 3.65. The molecule has 0 aliphatic carbocycles. The lowest BCUT2D eigenvalue weighted by atomic mass is 9.99. The van der Waals surface area contributed by atoms with Crippen molar-refractivity contribution in [2.24, 2.45) is 5.73 Å². The zero-order chi connectivity index (χ0) is 23.4. The molecule has 170 valence electrons. The van der Waals surface area contributed by atoms with Crippen LogP contribution in [-0.4, -0.2) is 29.0 Å². The average molecular weight is 448 g/mol. The highest BCUT2D eigenvalue weighted by Crippen LogP contribution is 2.37. The molecule has 0 bridgehead atoms. The molecule has 1 aliphatic rings. The Kier molecular flexibility index (Phi) is 6.50. The summed E-state index contributed by atoms with van der Waals surface area (Å²) in [6.07, 6.45) is 3.23. The summed E-state index contributed by atoms with van der Waals surface area (Å²) in [4.78, 5) is 34.1. The maximum atomic E-state index is 12.7. The van der Waals surface area contributed by atoms with Gasteiger partial charge in [-0.2, -0.15) is 0 Å². The van der Waals surface area contributed by atoms with Crippen LogP contribution in [0.5, 0.6) is 17.5 Å². The number of fused-ring (bicyclic) bond motifs is 1. The van der Waals surface area contributed by atoms with Gasteiger partial charge in [0.1, 0.15) is 5.75 Å². The summed E-state index contributed by atoms with van der Waals surface area (Å²) in [5.41, 5.74) is 9.05. The molecule has 0 radical (unpaired) electrons. The third-order valence-electron chi connectivity index (χ3n) is 5.23. The lowest BCUT2D eigenvalue weighted by molar-refractivity contribution is -0.146. The van der Waals surface area contributed by atoms with E-state index in [0.29, 0.717) is 42.5 Å².